The van der Waals surface area contributed by atoms with Crippen molar-refractivity contribution in [1.29, 1.82) is 0 Å². The van der Waals surface area contributed by atoms with Gasteiger partial charge in [0, 0.05) is 18.2 Å². The smallest absolute Gasteiger partial charge is 0.124 e. The monoisotopic (exact) mass is 274 g/mol. The summed E-state index contributed by atoms with van der Waals surface area (Å²) in [5, 5.41) is 0. The first kappa shape index (κ1) is 15.0. The minimum absolute atomic E-state index is 0.240. The summed E-state index contributed by atoms with van der Waals surface area (Å²) in [7, 11) is 2.15. The van der Waals surface area contributed by atoms with E-state index in [4.69, 9.17) is 5.73 Å². The van der Waals surface area contributed by atoms with Crippen molar-refractivity contribution in [3.8, 4) is 11.8 Å². The Hall–Kier alpha value is -1.37. The first-order valence-electron chi connectivity index (χ1n) is 7.38. The highest BCUT2D eigenvalue weighted by atomic mass is 19.1. The van der Waals surface area contributed by atoms with Crippen molar-refractivity contribution in [2.75, 3.05) is 13.6 Å². The van der Waals surface area contributed by atoms with E-state index in [0.29, 0.717) is 12.6 Å². The number of rotatable bonds is 3. The lowest BCUT2D eigenvalue weighted by molar-refractivity contribution is 0.184. The molecule has 1 aliphatic rings. The molecule has 2 nitrogen and oxygen atoms in total. The quantitative estimate of drug-likeness (QED) is 0.859. The lowest BCUT2D eigenvalue weighted by Gasteiger charge is -2.31. The van der Waals surface area contributed by atoms with Gasteiger partial charge >= 0.3 is 0 Å². The van der Waals surface area contributed by atoms with E-state index in [1.54, 1.807) is 0 Å². The minimum atomic E-state index is -0.240. The molecular weight excluding hydrogens is 251 g/mol. The first-order chi connectivity index (χ1) is 9.70. The second kappa shape index (κ2) is 7.42. The Balaban J connectivity index is 2.11. The lowest BCUT2D eigenvalue weighted by Crippen LogP contribution is -2.33. The van der Waals surface area contributed by atoms with E-state index in [1.165, 1.54) is 44.2 Å². The standard InChI is InChI=1S/C17H23FN2/c1-20(17-7-3-2-4-8-17)13-15-9-10-16(18)12-14(15)6-5-11-19/h9-10,12,17H,2-4,7-8,11,13,19H2,1H3. The highest BCUT2D eigenvalue weighted by Crippen LogP contribution is 2.23. The lowest BCUT2D eigenvalue weighted by atomic mass is 9.94. The molecule has 1 saturated carbocycles. The first-order valence-corrected chi connectivity index (χ1v) is 7.38. The van der Waals surface area contributed by atoms with Gasteiger partial charge in [-0.15, -0.1) is 0 Å². The van der Waals surface area contributed by atoms with E-state index < -0.39 is 0 Å². The summed E-state index contributed by atoms with van der Waals surface area (Å²) >= 11 is 0. The Morgan fingerprint density at radius 3 is 2.75 bits per heavy atom. The van der Waals surface area contributed by atoms with E-state index in [0.717, 1.165) is 17.7 Å². The number of hydrogen-bond acceptors (Lipinski definition) is 2. The van der Waals surface area contributed by atoms with Crippen molar-refractivity contribution >= 4 is 0 Å². The Morgan fingerprint density at radius 2 is 2.05 bits per heavy atom. The van der Waals surface area contributed by atoms with Gasteiger partial charge in [0.2, 0.25) is 0 Å². The Morgan fingerprint density at radius 1 is 1.30 bits per heavy atom. The summed E-state index contributed by atoms with van der Waals surface area (Å²) in [6.45, 7) is 1.12. The summed E-state index contributed by atoms with van der Waals surface area (Å²) in [6.07, 6.45) is 6.52. The molecule has 108 valence electrons. The number of hydrogen-bond donors (Lipinski definition) is 1. The van der Waals surface area contributed by atoms with Crippen LogP contribution in [0, 0.1) is 17.7 Å². The number of halogens is 1. The fourth-order valence-electron chi connectivity index (χ4n) is 2.87. The summed E-state index contributed by atoms with van der Waals surface area (Å²) < 4.78 is 13.4. The zero-order valence-corrected chi connectivity index (χ0v) is 12.2. The van der Waals surface area contributed by atoms with Crippen molar-refractivity contribution in [2.24, 2.45) is 5.73 Å². The maximum absolute atomic E-state index is 13.4. The molecule has 0 heterocycles. The number of nitrogens with two attached hydrogens (primary N) is 1. The summed E-state index contributed by atoms with van der Waals surface area (Å²) in [5.41, 5.74) is 7.25. The van der Waals surface area contributed by atoms with Crippen LogP contribution < -0.4 is 5.73 Å². The number of benzene rings is 1. The van der Waals surface area contributed by atoms with Crippen LogP contribution in [0.15, 0.2) is 18.2 Å². The van der Waals surface area contributed by atoms with Crippen LogP contribution >= 0.6 is 0 Å². The Labute approximate surface area is 121 Å². The topological polar surface area (TPSA) is 29.3 Å². The molecule has 0 aliphatic heterocycles. The zero-order valence-electron chi connectivity index (χ0n) is 12.2. The molecule has 20 heavy (non-hydrogen) atoms. The van der Waals surface area contributed by atoms with E-state index >= 15 is 0 Å². The summed E-state index contributed by atoms with van der Waals surface area (Å²) in [4.78, 5) is 2.38. The van der Waals surface area contributed by atoms with Crippen LogP contribution in [0.1, 0.15) is 43.2 Å². The van der Waals surface area contributed by atoms with Gasteiger partial charge in [0.25, 0.3) is 0 Å². The number of nitrogens with zero attached hydrogens (tertiary/aromatic N) is 1. The normalized spacial score (nSPS) is 16.0. The van der Waals surface area contributed by atoms with Crippen molar-refractivity contribution in [3.63, 3.8) is 0 Å². The van der Waals surface area contributed by atoms with E-state index in [1.807, 2.05) is 6.07 Å². The molecular formula is C17H23FN2. The van der Waals surface area contributed by atoms with E-state index in [-0.39, 0.29) is 5.82 Å². The van der Waals surface area contributed by atoms with Gasteiger partial charge in [0.05, 0.1) is 6.54 Å². The van der Waals surface area contributed by atoms with Crippen molar-refractivity contribution in [3.05, 3.63) is 35.1 Å². The maximum Gasteiger partial charge on any atom is 0.124 e. The molecule has 3 heteroatoms. The van der Waals surface area contributed by atoms with Gasteiger partial charge in [0.1, 0.15) is 5.82 Å². The van der Waals surface area contributed by atoms with Crippen LogP contribution in [-0.2, 0) is 6.54 Å². The molecule has 0 atom stereocenters. The van der Waals surface area contributed by atoms with Gasteiger partial charge in [-0.1, -0.05) is 37.2 Å². The van der Waals surface area contributed by atoms with E-state index in [2.05, 4.69) is 23.8 Å². The van der Waals surface area contributed by atoms with Gasteiger partial charge < -0.3 is 5.73 Å². The van der Waals surface area contributed by atoms with Gasteiger partial charge in [-0.2, -0.15) is 0 Å². The van der Waals surface area contributed by atoms with Crippen LogP contribution in [0.4, 0.5) is 4.39 Å². The molecule has 0 aromatic heterocycles. The van der Waals surface area contributed by atoms with Gasteiger partial charge in [-0.3, -0.25) is 4.90 Å². The molecule has 2 N–H and O–H groups in total. The van der Waals surface area contributed by atoms with Gasteiger partial charge in [-0.05, 0) is 37.6 Å². The fourth-order valence-corrected chi connectivity index (χ4v) is 2.87. The predicted octanol–water partition coefficient (Wildman–Crippen LogP) is 2.90. The van der Waals surface area contributed by atoms with Gasteiger partial charge in [-0.25, -0.2) is 4.39 Å². The van der Waals surface area contributed by atoms with Crippen molar-refractivity contribution < 1.29 is 4.39 Å². The van der Waals surface area contributed by atoms with Gasteiger partial charge in [0.15, 0.2) is 0 Å². The van der Waals surface area contributed by atoms with Crippen LogP contribution in [0.25, 0.3) is 0 Å². The second-order valence-electron chi connectivity index (χ2n) is 5.51. The highest BCUT2D eigenvalue weighted by Gasteiger charge is 2.18. The highest BCUT2D eigenvalue weighted by molar-refractivity contribution is 5.41. The molecule has 1 aromatic rings. The Bertz CT molecular complexity index is 495. The molecule has 1 aliphatic carbocycles. The predicted molar refractivity (Wildman–Crippen MR) is 80.7 cm³/mol. The summed E-state index contributed by atoms with van der Waals surface area (Å²) in [6, 6.07) is 5.50. The minimum Gasteiger partial charge on any atom is -0.320 e. The van der Waals surface area contributed by atoms with Crippen LogP contribution in [0.5, 0.6) is 0 Å². The SMILES string of the molecule is CN(Cc1ccc(F)cc1C#CCN)C1CCCCC1. The van der Waals surface area contributed by atoms with Crippen LogP contribution in [0.3, 0.4) is 0 Å². The molecule has 0 radical (unpaired) electrons. The maximum atomic E-state index is 13.4. The molecule has 0 amide bonds. The Kier molecular flexibility index (Phi) is 5.58. The molecule has 2 rings (SSSR count). The average Bonchev–Trinajstić information content (AvgIpc) is 2.48. The van der Waals surface area contributed by atoms with Crippen LogP contribution in [0.2, 0.25) is 0 Å². The van der Waals surface area contributed by atoms with Crippen LogP contribution in [-0.4, -0.2) is 24.5 Å². The second-order valence-corrected chi connectivity index (χ2v) is 5.51. The average molecular weight is 274 g/mol. The fraction of sp³-hybridized carbons (Fsp3) is 0.529. The largest absolute Gasteiger partial charge is 0.320 e. The molecule has 0 unspecified atom stereocenters. The third-order valence-corrected chi connectivity index (χ3v) is 4.01. The molecule has 0 bridgehead atoms. The summed E-state index contributed by atoms with van der Waals surface area (Å²) in [5.74, 6) is 5.56. The third-order valence-electron chi connectivity index (χ3n) is 4.01. The molecule has 1 aromatic carbocycles. The van der Waals surface area contributed by atoms with Crippen molar-refractivity contribution in [2.45, 2.75) is 44.7 Å². The molecule has 1 fully saturated rings. The molecule has 0 saturated heterocycles. The zero-order chi connectivity index (χ0) is 14.4. The molecule has 0 spiro atoms. The third kappa shape index (κ3) is 4.06. The van der Waals surface area contributed by atoms with Crippen molar-refractivity contribution in [1.82, 2.24) is 4.90 Å². The van der Waals surface area contributed by atoms with E-state index in [9.17, 15) is 4.39 Å².